The van der Waals surface area contributed by atoms with Crippen LogP contribution in [0.4, 0.5) is 0 Å². The highest BCUT2D eigenvalue weighted by Crippen LogP contribution is 2.37. The third kappa shape index (κ3) is 4.55. The second-order valence-corrected chi connectivity index (χ2v) is 6.34. The number of amides is 2. The van der Waals surface area contributed by atoms with Gasteiger partial charge in [-0.3, -0.25) is 9.59 Å². The van der Waals surface area contributed by atoms with Crippen LogP contribution in [0.1, 0.15) is 18.0 Å². The third-order valence-corrected chi connectivity index (χ3v) is 4.30. The average Bonchev–Trinajstić information content (AvgIpc) is 2.90. The van der Waals surface area contributed by atoms with Crippen molar-refractivity contribution < 1.29 is 14.3 Å². The van der Waals surface area contributed by atoms with Crippen LogP contribution in [-0.2, 0) is 14.3 Å². The number of nitrogens with zero attached hydrogens (tertiary/aromatic N) is 2. The summed E-state index contributed by atoms with van der Waals surface area (Å²) in [5, 5.41) is 2.96. The Bertz CT molecular complexity index is 548. The Kier molecular flexibility index (Phi) is 6.75. The van der Waals surface area contributed by atoms with E-state index in [1.54, 1.807) is 12.0 Å². The second kappa shape index (κ2) is 8.80. The Balaban J connectivity index is 2.15. The van der Waals surface area contributed by atoms with Crippen LogP contribution in [0.3, 0.4) is 0 Å². The molecule has 2 amide bonds. The second-order valence-electron chi connectivity index (χ2n) is 6.34. The number of ether oxygens (including phenoxy) is 1. The molecule has 6 nitrogen and oxygen atoms in total. The predicted molar refractivity (Wildman–Crippen MR) is 92.4 cm³/mol. The normalized spacial score (nSPS) is 20.7. The Hall–Kier alpha value is -1.92. The van der Waals surface area contributed by atoms with Gasteiger partial charge in [-0.2, -0.15) is 0 Å². The molecule has 24 heavy (non-hydrogen) atoms. The van der Waals surface area contributed by atoms with E-state index in [-0.39, 0.29) is 30.2 Å². The molecule has 6 heteroatoms. The van der Waals surface area contributed by atoms with Crippen LogP contribution >= 0.6 is 0 Å². The maximum absolute atomic E-state index is 12.6. The minimum Gasteiger partial charge on any atom is -0.383 e. The molecule has 1 saturated heterocycles. The molecule has 0 bridgehead atoms. The van der Waals surface area contributed by atoms with E-state index in [2.05, 4.69) is 5.32 Å². The first-order valence-electron chi connectivity index (χ1n) is 8.30. The molecule has 0 unspecified atom stereocenters. The number of nitrogens with one attached hydrogen (secondary N) is 1. The Morgan fingerprint density at radius 2 is 2.04 bits per heavy atom. The van der Waals surface area contributed by atoms with E-state index in [1.807, 2.05) is 49.3 Å². The van der Waals surface area contributed by atoms with Gasteiger partial charge in [0.05, 0.1) is 18.6 Å². The molecule has 1 aliphatic heterocycles. The molecule has 0 aromatic heterocycles. The number of rotatable bonds is 8. The van der Waals surface area contributed by atoms with Crippen molar-refractivity contribution in [2.45, 2.75) is 12.5 Å². The summed E-state index contributed by atoms with van der Waals surface area (Å²) in [6.07, 6.45) is 0.247. The molecule has 2 rings (SSSR count). The SMILES string of the molecule is COCCN1C(=O)C[C@@H](C(=O)NCCN(C)C)[C@@H]1c1ccccc1. The summed E-state index contributed by atoms with van der Waals surface area (Å²) < 4.78 is 5.12. The van der Waals surface area contributed by atoms with Crippen LogP contribution in [-0.4, -0.2) is 69.1 Å². The lowest BCUT2D eigenvalue weighted by molar-refractivity contribution is -0.129. The first-order chi connectivity index (χ1) is 11.5. The topological polar surface area (TPSA) is 61.9 Å². The molecule has 1 fully saturated rings. The fourth-order valence-corrected chi connectivity index (χ4v) is 3.08. The summed E-state index contributed by atoms with van der Waals surface area (Å²) in [6, 6.07) is 9.53. The molecule has 1 N–H and O–H groups in total. The van der Waals surface area contributed by atoms with Gasteiger partial charge in [-0.1, -0.05) is 30.3 Å². The highest BCUT2D eigenvalue weighted by molar-refractivity contribution is 5.90. The zero-order valence-electron chi connectivity index (χ0n) is 14.7. The molecule has 1 aromatic rings. The van der Waals surface area contributed by atoms with Gasteiger partial charge in [0.1, 0.15) is 0 Å². The van der Waals surface area contributed by atoms with Crippen molar-refractivity contribution in [3.8, 4) is 0 Å². The van der Waals surface area contributed by atoms with E-state index in [0.29, 0.717) is 19.7 Å². The maximum atomic E-state index is 12.6. The molecular weight excluding hydrogens is 306 g/mol. The Morgan fingerprint density at radius 3 is 2.67 bits per heavy atom. The van der Waals surface area contributed by atoms with Crippen LogP contribution in [0, 0.1) is 5.92 Å². The highest BCUT2D eigenvalue weighted by atomic mass is 16.5. The first kappa shape index (κ1) is 18.4. The molecule has 0 spiro atoms. The van der Waals surface area contributed by atoms with Gasteiger partial charge in [0.25, 0.3) is 0 Å². The minimum atomic E-state index is -0.362. The first-order valence-corrected chi connectivity index (χ1v) is 8.30. The Labute approximate surface area is 143 Å². The van der Waals surface area contributed by atoms with Gasteiger partial charge in [-0.15, -0.1) is 0 Å². The van der Waals surface area contributed by atoms with Crippen molar-refractivity contribution in [1.82, 2.24) is 15.1 Å². The lowest BCUT2D eigenvalue weighted by Gasteiger charge is -2.28. The van der Waals surface area contributed by atoms with E-state index in [4.69, 9.17) is 4.74 Å². The summed E-state index contributed by atoms with van der Waals surface area (Å²) in [6.45, 7) is 2.31. The van der Waals surface area contributed by atoms with Crippen LogP contribution in [0.25, 0.3) is 0 Å². The lowest BCUT2D eigenvalue weighted by Crippen LogP contribution is -2.39. The van der Waals surface area contributed by atoms with Crippen molar-refractivity contribution in [2.24, 2.45) is 5.92 Å². The van der Waals surface area contributed by atoms with Gasteiger partial charge in [0.15, 0.2) is 0 Å². The van der Waals surface area contributed by atoms with Crippen LogP contribution < -0.4 is 5.32 Å². The summed E-state index contributed by atoms with van der Waals surface area (Å²) in [5.74, 6) is -0.411. The molecule has 132 valence electrons. The number of carbonyl (C=O) groups excluding carboxylic acids is 2. The smallest absolute Gasteiger partial charge is 0.226 e. The number of hydrogen-bond donors (Lipinski definition) is 1. The molecule has 0 aliphatic carbocycles. The van der Waals surface area contributed by atoms with Gasteiger partial charge >= 0.3 is 0 Å². The standard InChI is InChI=1S/C18H27N3O3/c1-20(2)10-9-19-18(23)15-13-16(22)21(11-12-24-3)17(15)14-7-5-4-6-8-14/h4-8,15,17H,9-13H2,1-3H3,(H,19,23)/t15-,17+/m1/s1. The quantitative estimate of drug-likeness (QED) is 0.768. The third-order valence-electron chi connectivity index (χ3n) is 4.30. The van der Waals surface area contributed by atoms with Crippen molar-refractivity contribution in [1.29, 1.82) is 0 Å². The number of likely N-dealkylation sites (tertiary alicyclic amines) is 1. The highest BCUT2D eigenvalue weighted by Gasteiger charge is 2.44. The molecule has 1 aromatic carbocycles. The predicted octanol–water partition coefficient (Wildman–Crippen LogP) is 0.900. The Morgan fingerprint density at radius 1 is 1.33 bits per heavy atom. The number of likely N-dealkylation sites (N-methyl/N-ethyl adjacent to an activating group) is 1. The largest absolute Gasteiger partial charge is 0.383 e. The van der Waals surface area contributed by atoms with Crippen molar-refractivity contribution in [3.05, 3.63) is 35.9 Å². The summed E-state index contributed by atoms with van der Waals surface area (Å²) in [4.78, 5) is 28.9. The zero-order chi connectivity index (χ0) is 17.5. The molecule has 0 saturated carbocycles. The molecule has 1 heterocycles. The summed E-state index contributed by atoms with van der Waals surface area (Å²) in [7, 11) is 5.54. The molecule has 1 aliphatic rings. The molecule has 0 radical (unpaired) electrons. The van der Waals surface area contributed by atoms with Gasteiger partial charge in [-0.05, 0) is 19.7 Å². The minimum absolute atomic E-state index is 0.00802. The average molecular weight is 333 g/mol. The van der Waals surface area contributed by atoms with Crippen molar-refractivity contribution >= 4 is 11.8 Å². The monoisotopic (exact) mass is 333 g/mol. The fraction of sp³-hybridized carbons (Fsp3) is 0.556. The van der Waals surface area contributed by atoms with E-state index in [9.17, 15) is 9.59 Å². The van der Waals surface area contributed by atoms with E-state index < -0.39 is 0 Å². The molecular formula is C18H27N3O3. The van der Waals surface area contributed by atoms with Crippen molar-refractivity contribution in [2.75, 3.05) is 47.4 Å². The van der Waals surface area contributed by atoms with E-state index in [0.717, 1.165) is 12.1 Å². The van der Waals surface area contributed by atoms with Gasteiger partial charge in [-0.25, -0.2) is 0 Å². The van der Waals surface area contributed by atoms with Crippen molar-refractivity contribution in [3.63, 3.8) is 0 Å². The zero-order valence-corrected chi connectivity index (χ0v) is 14.7. The van der Waals surface area contributed by atoms with Gasteiger partial charge in [0, 0.05) is 33.2 Å². The summed E-state index contributed by atoms with van der Waals surface area (Å²) in [5.41, 5.74) is 0.993. The van der Waals surface area contributed by atoms with Crippen LogP contribution in [0.15, 0.2) is 30.3 Å². The number of carbonyl (C=O) groups is 2. The number of hydrogen-bond acceptors (Lipinski definition) is 4. The van der Waals surface area contributed by atoms with Gasteiger partial charge < -0.3 is 19.9 Å². The number of benzene rings is 1. The van der Waals surface area contributed by atoms with Crippen LogP contribution in [0.5, 0.6) is 0 Å². The lowest BCUT2D eigenvalue weighted by atomic mass is 9.93. The fourth-order valence-electron chi connectivity index (χ4n) is 3.08. The van der Waals surface area contributed by atoms with E-state index >= 15 is 0 Å². The summed E-state index contributed by atoms with van der Waals surface area (Å²) >= 11 is 0. The maximum Gasteiger partial charge on any atom is 0.226 e. The van der Waals surface area contributed by atoms with Gasteiger partial charge in [0.2, 0.25) is 11.8 Å². The van der Waals surface area contributed by atoms with Crippen LogP contribution in [0.2, 0.25) is 0 Å². The number of methoxy groups -OCH3 is 1. The van der Waals surface area contributed by atoms with E-state index in [1.165, 1.54) is 0 Å². The molecule has 2 atom stereocenters.